The molecule has 6 heteroatoms. The van der Waals surface area contributed by atoms with Crippen molar-refractivity contribution in [3.63, 3.8) is 0 Å². The van der Waals surface area contributed by atoms with E-state index in [0.717, 1.165) is 22.2 Å². The Labute approximate surface area is 166 Å². The van der Waals surface area contributed by atoms with Gasteiger partial charge in [0, 0.05) is 31.9 Å². The molecule has 5 nitrogen and oxygen atoms in total. The van der Waals surface area contributed by atoms with Gasteiger partial charge in [-0.15, -0.1) is 0 Å². The van der Waals surface area contributed by atoms with E-state index in [4.69, 9.17) is 4.74 Å². The Kier molecular flexibility index (Phi) is 5.24. The molecule has 0 saturated carbocycles. The minimum Gasteiger partial charge on any atom is -0.494 e. The summed E-state index contributed by atoms with van der Waals surface area (Å²) in [6, 6.07) is 21.1. The van der Waals surface area contributed by atoms with Crippen LogP contribution in [0.4, 0.5) is 5.69 Å². The first-order valence-electron chi connectivity index (χ1n) is 9.55. The first kappa shape index (κ1) is 18.8. The maximum atomic E-state index is 13.1. The Morgan fingerprint density at radius 1 is 0.857 bits per heavy atom. The number of ether oxygens (including phenoxy) is 1. The van der Waals surface area contributed by atoms with Crippen LogP contribution in [-0.4, -0.2) is 45.5 Å². The Morgan fingerprint density at radius 2 is 1.54 bits per heavy atom. The molecule has 1 saturated heterocycles. The molecular weight excluding hydrogens is 372 g/mol. The second-order valence-electron chi connectivity index (χ2n) is 6.83. The van der Waals surface area contributed by atoms with E-state index in [2.05, 4.69) is 17.0 Å². The average Bonchev–Trinajstić information content (AvgIpc) is 2.74. The van der Waals surface area contributed by atoms with Crippen LogP contribution in [0.15, 0.2) is 71.6 Å². The van der Waals surface area contributed by atoms with Crippen molar-refractivity contribution in [2.24, 2.45) is 0 Å². The summed E-state index contributed by atoms with van der Waals surface area (Å²) in [5, 5.41) is 1.87. The van der Waals surface area contributed by atoms with Gasteiger partial charge in [-0.3, -0.25) is 0 Å². The van der Waals surface area contributed by atoms with Crippen molar-refractivity contribution in [2.75, 3.05) is 37.7 Å². The zero-order valence-electron chi connectivity index (χ0n) is 15.9. The first-order chi connectivity index (χ1) is 13.6. The predicted molar refractivity (Wildman–Crippen MR) is 113 cm³/mol. The molecule has 0 amide bonds. The van der Waals surface area contributed by atoms with Crippen LogP contribution in [-0.2, 0) is 10.0 Å². The van der Waals surface area contributed by atoms with Gasteiger partial charge in [0.25, 0.3) is 0 Å². The number of piperazine rings is 1. The van der Waals surface area contributed by atoms with Crippen LogP contribution < -0.4 is 9.64 Å². The third kappa shape index (κ3) is 3.70. The first-order valence-corrected chi connectivity index (χ1v) is 11.0. The highest BCUT2D eigenvalue weighted by molar-refractivity contribution is 7.89. The molecule has 0 aliphatic carbocycles. The zero-order chi connectivity index (χ0) is 19.6. The van der Waals surface area contributed by atoms with Crippen LogP contribution in [0, 0.1) is 0 Å². The van der Waals surface area contributed by atoms with Gasteiger partial charge in [-0.05, 0) is 54.1 Å². The molecule has 0 atom stereocenters. The number of hydrogen-bond acceptors (Lipinski definition) is 4. The number of benzene rings is 3. The molecule has 0 spiro atoms. The van der Waals surface area contributed by atoms with Gasteiger partial charge in [0.2, 0.25) is 10.0 Å². The quantitative estimate of drug-likeness (QED) is 0.659. The third-order valence-electron chi connectivity index (χ3n) is 5.09. The standard InChI is InChI=1S/C22H24N2O3S/c1-2-27-21-10-8-19-17-22(11-9-18(19)16-21)28(25,26)24-14-12-23(13-15-24)20-6-4-3-5-7-20/h3-11,16-17H,2,12-15H2,1H3. The largest absolute Gasteiger partial charge is 0.494 e. The second-order valence-corrected chi connectivity index (χ2v) is 8.77. The number of hydrogen-bond donors (Lipinski definition) is 0. The summed E-state index contributed by atoms with van der Waals surface area (Å²) in [7, 11) is -3.50. The highest BCUT2D eigenvalue weighted by Gasteiger charge is 2.28. The summed E-state index contributed by atoms with van der Waals surface area (Å²) < 4.78 is 33.4. The maximum absolute atomic E-state index is 13.1. The number of nitrogens with zero attached hydrogens (tertiary/aromatic N) is 2. The van der Waals surface area contributed by atoms with Crippen LogP contribution in [0.2, 0.25) is 0 Å². The van der Waals surface area contributed by atoms with Crippen molar-refractivity contribution in [3.05, 3.63) is 66.7 Å². The fourth-order valence-electron chi connectivity index (χ4n) is 3.59. The molecule has 0 unspecified atom stereocenters. The molecule has 0 aromatic heterocycles. The minimum absolute atomic E-state index is 0.345. The summed E-state index contributed by atoms with van der Waals surface area (Å²) in [4.78, 5) is 2.57. The summed E-state index contributed by atoms with van der Waals surface area (Å²) in [6.07, 6.45) is 0. The molecule has 3 aromatic rings. The molecule has 0 N–H and O–H groups in total. The molecule has 3 aromatic carbocycles. The van der Waals surface area contributed by atoms with E-state index in [0.29, 0.717) is 37.7 Å². The van der Waals surface area contributed by atoms with E-state index >= 15 is 0 Å². The summed E-state index contributed by atoms with van der Waals surface area (Å²) in [5.41, 5.74) is 1.13. The zero-order valence-corrected chi connectivity index (χ0v) is 16.7. The topological polar surface area (TPSA) is 49.9 Å². The van der Waals surface area contributed by atoms with Crippen LogP contribution in [0.25, 0.3) is 10.8 Å². The van der Waals surface area contributed by atoms with Gasteiger partial charge < -0.3 is 9.64 Å². The molecule has 1 aliphatic rings. The monoisotopic (exact) mass is 396 g/mol. The van der Waals surface area contributed by atoms with E-state index in [1.807, 2.05) is 49.4 Å². The van der Waals surface area contributed by atoms with Gasteiger partial charge in [0.15, 0.2) is 0 Å². The van der Waals surface area contributed by atoms with Gasteiger partial charge in [0.1, 0.15) is 5.75 Å². The van der Waals surface area contributed by atoms with E-state index in [1.165, 1.54) is 0 Å². The highest BCUT2D eigenvalue weighted by atomic mass is 32.2. The van der Waals surface area contributed by atoms with Crippen LogP contribution in [0.1, 0.15) is 6.92 Å². The molecule has 1 aliphatic heterocycles. The molecule has 146 valence electrons. The Morgan fingerprint density at radius 3 is 2.25 bits per heavy atom. The van der Waals surface area contributed by atoms with E-state index in [1.54, 1.807) is 16.4 Å². The normalized spacial score (nSPS) is 15.7. The van der Waals surface area contributed by atoms with Crippen molar-refractivity contribution < 1.29 is 13.2 Å². The average molecular weight is 397 g/mol. The minimum atomic E-state index is -3.50. The molecule has 1 heterocycles. The van der Waals surface area contributed by atoms with Crippen LogP contribution in [0.3, 0.4) is 0 Å². The van der Waals surface area contributed by atoms with E-state index in [9.17, 15) is 8.42 Å². The Bertz CT molecular complexity index is 1060. The number of anilines is 1. The number of rotatable bonds is 5. The lowest BCUT2D eigenvalue weighted by Gasteiger charge is -2.35. The molecule has 0 bridgehead atoms. The molecule has 1 fully saturated rings. The fourth-order valence-corrected chi connectivity index (χ4v) is 5.05. The predicted octanol–water partition coefficient (Wildman–Crippen LogP) is 3.75. The van der Waals surface area contributed by atoms with Gasteiger partial charge in [-0.25, -0.2) is 8.42 Å². The lowest BCUT2D eigenvalue weighted by atomic mass is 10.1. The fraction of sp³-hybridized carbons (Fsp3) is 0.273. The van der Waals surface area contributed by atoms with Crippen molar-refractivity contribution in [1.82, 2.24) is 4.31 Å². The van der Waals surface area contributed by atoms with E-state index in [-0.39, 0.29) is 0 Å². The summed E-state index contributed by atoms with van der Waals surface area (Å²) in [5.74, 6) is 0.794. The second kappa shape index (κ2) is 7.81. The number of para-hydroxylation sites is 1. The van der Waals surface area contributed by atoms with Gasteiger partial charge in [0.05, 0.1) is 11.5 Å². The van der Waals surface area contributed by atoms with Crippen LogP contribution >= 0.6 is 0 Å². The van der Waals surface area contributed by atoms with Crippen molar-refractivity contribution in [1.29, 1.82) is 0 Å². The Hall–Kier alpha value is -2.57. The molecular formula is C22H24N2O3S. The smallest absolute Gasteiger partial charge is 0.243 e. The van der Waals surface area contributed by atoms with Crippen molar-refractivity contribution in [2.45, 2.75) is 11.8 Å². The van der Waals surface area contributed by atoms with E-state index < -0.39 is 10.0 Å². The molecule has 4 rings (SSSR count). The maximum Gasteiger partial charge on any atom is 0.243 e. The number of sulfonamides is 1. The lowest BCUT2D eigenvalue weighted by molar-refractivity contribution is 0.341. The lowest BCUT2D eigenvalue weighted by Crippen LogP contribution is -2.48. The van der Waals surface area contributed by atoms with Gasteiger partial charge in [-0.1, -0.05) is 30.3 Å². The van der Waals surface area contributed by atoms with Crippen LogP contribution in [0.5, 0.6) is 5.75 Å². The molecule has 0 radical (unpaired) electrons. The van der Waals surface area contributed by atoms with Gasteiger partial charge in [-0.2, -0.15) is 4.31 Å². The van der Waals surface area contributed by atoms with Gasteiger partial charge >= 0.3 is 0 Å². The molecule has 28 heavy (non-hydrogen) atoms. The van der Waals surface area contributed by atoms with Crippen molar-refractivity contribution in [3.8, 4) is 5.75 Å². The third-order valence-corrected chi connectivity index (χ3v) is 6.99. The summed E-state index contributed by atoms with van der Waals surface area (Å²) >= 11 is 0. The van der Waals surface area contributed by atoms with Crippen molar-refractivity contribution >= 4 is 26.5 Å². The highest BCUT2D eigenvalue weighted by Crippen LogP contribution is 2.26. The summed E-state index contributed by atoms with van der Waals surface area (Å²) in [6.45, 7) is 4.89. The SMILES string of the molecule is CCOc1ccc2cc(S(=O)(=O)N3CCN(c4ccccc4)CC3)ccc2c1. The Balaban J connectivity index is 1.53. The number of fused-ring (bicyclic) bond motifs is 1.